The maximum Gasteiger partial charge on any atom is 0.737 e. The van der Waals surface area contributed by atoms with E-state index < -0.39 is 97.5 Å². The molecule has 23 nitrogen and oxygen atoms in total. The number of unbranched alkanes of at least 4 members (excludes halogenated alkanes) is 1. The fourth-order valence-electron chi connectivity index (χ4n) is 10.7. The van der Waals surface area contributed by atoms with Crippen LogP contribution in [-0.2, 0) is 44.8 Å². The Bertz CT molecular complexity index is 3520. The number of piperidine rings is 1. The van der Waals surface area contributed by atoms with Gasteiger partial charge in [0.1, 0.15) is 41.8 Å². The Labute approximate surface area is 529 Å². The number of hydrogen-bond acceptors (Lipinski definition) is 14. The summed E-state index contributed by atoms with van der Waals surface area (Å²) < 4.78 is 46.6. The third kappa shape index (κ3) is 19.1. The molecule has 0 saturated carbocycles. The zero-order chi connectivity index (χ0) is 65.0. The van der Waals surface area contributed by atoms with Gasteiger partial charge >= 0.3 is 6.97 Å². The van der Waals surface area contributed by atoms with E-state index in [2.05, 4.69) is 55.0 Å². The smallest absolute Gasteiger partial charge is 0.490 e. The summed E-state index contributed by atoms with van der Waals surface area (Å²) in [5.74, 6) is -5.35. The summed E-state index contributed by atoms with van der Waals surface area (Å²) in [5.41, 5.74) is 15.5. The van der Waals surface area contributed by atoms with Crippen LogP contribution >= 0.6 is 11.3 Å². The fraction of sp³-hybridized carbons (Fsp3) is 0.359. The van der Waals surface area contributed by atoms with Crippen LogP contribution in [0.1, 0.15) is 91.2 Å². The number of carbonyl (C=O) groups excluding carboxylic acids is 8. The number of aromatic nitrogens is 1. The minimum absolute atomic E-state index is 0.0173. The molecule has 27 heteroatoms. The lowest BCUT2D eigenvalue weighted by atomic mass is 9.90. The maximum atomic E-state index is 16.2. The highest BCUT2D eigenvalue weighted by atomic mass is 32.1. The summed E-state index contributed by atoms with van der Waals surface area (Å²) in [6.45, 7) is -2.68. The summed E-state index contributed by atoms with van der Waals surface area (Å²) in [5, 5.41) is 37.1. The molecule has 3 aromatic carbocycles. The molecule has 12 N–H and O–H groups in total. The van der Waals surface area contributed by atoms with Crippen molar-refractivity contribution in [3.8, 4) is 11.5 Å². The minimum atomic E-state index is -4.19. The lowest BCUT2D eigenvalue weighted by Gasteiger charge is -2.32. The second-order valence-electron chi connectivity index (χ2n) is 22.3. The normalized spacial score (nSPS) is 16.0. The summed E-state index contributed by atoms with van der Waals surface area (Å²) in [6.07, 6.45) is 8.98. The third-order valence-corrected chi connectivity index (χ3v) is 16.4. The molecule has 482 valence electrons. The molecular weight excluding hydrogens is 1200 g/mol. The number of nitrogens with two attached hydrogens (primary N) is 2. The van der Waals surface area contributed by atoms with Crippen molar-refractivity contribution in [3.63, 3.8) is 0 Å². The predicted octanol–water partition coefficient (Wildman–Crippen LogP) is 2.74. The van der Waals surface area contributed by atoms with Crippen LogP contribution < -0.4 is 52.8 Å². The average Bonchev–Trinajstić information content (AvgIpc) is 1.60. The van der Waals surface area contributed by atoms with Crippen LogP contribution in [0.4, 0.5) is 8.63 Å². The van der Waals surface area contributed by atoms with Gasteiger partial charge in [0.2, 0.25) is 41.4 Å². The molecule has 1 saturated heterocycles. The molecule has 5 aromatic rings. The van der Waals surface area contributed by atoms with Crippen molar-refractivity contribution in [2.24, 2.45) is 11.5 Å². The van der Waals surface area contributed by atoms with Gasteiger partial charge in [-0.25, -0.2) is 0 Å². The molecule has 0 radical (unpaired) electrons. The summed E-state index contributed by atoms with van der Waals surface area (Å²) in [4.78, 5) is 106. The minimum Gasteiger partial charge on any atom is -0.490 e. The van der Waals surface area contributed by atoms with Crippen LogP contribution in [0.2, 0.25) is 0 Å². The molecule has 5 heterocycles. The van der Waals surface area contributed by atoms with Crippen molar-refractivity contribution < 1.29 is 71.2 Å². The van der Waals surface area contributed by atoms with Gasteiger partial charge in [-0.2, -0.15) is 0 Å². The number of thiophene rings is 1. The Kier molecular flexibility index (Phi) is 24.1. The number of allylic oxidation sites excluding steroid dienone is 2. The van der Waals surface area contributed by atoms with Gasteiger partial charge in [-0.1, -0.05) is 72.8 Å². The highest BCUT2D eigenvalue weighted by Crippen LogP contribution is 2.35. The molecule has 3 aliphatic heterocycles. The van der Waals surface area contributed by atoms with Gasteiger partial charge in [-0.15, -0.1) is 11.3 Å². The Morgan fingerprint density at radius 2 is 1.48 bits per heavy atom. The molecule has 0 bridgehead atoms. The molecule has 2 aromatic heterocycles. The van der Waals surface area contributed by atoms with Gasteiger partial charge in [0, 0.05) is 81.6 Å². The number of rotatable bonds is 33. The van der Waals surface area contributed by atoms with Crippen molar-refractivity contribution in [1.29, 1.82) is 0 Å². The van der Waals surface area contributed by atoms with Crippen molar-refractivity contribution in [3.05, 3.63) is 159 Å². The highest BCUT2D eigenvalue weighted by Gasteiger charge is 2.52. The number of likely N-dealkylation sites (tertiary alicyclic amines) is 1. The summed E-state index contributed by atoms with van der Waals surface area (Å²) in [6, 6.07) is 25.8. The van der Waals surface area contributed by atoms with Crippen LogP contribution in [0.15, 0.2) is 126 Å². The number of benzene rings is 3. The molecule has 5 atom stereocenters. The van der Waals surface area contributed by atoms with E-state index in [9.17, 15) is 48.6 Å². The Morgan fingerprint density at radius 1 is 0.758 bits per heavy atom. The Morgan fingerprint density at radius 3 is 2.19 bits per heavy atom. The number of halogens is 2. The van der Waals surface area contributed by atoms with Crippen molar-refractivity contribution in [2.45, 2.75) is 101 Å². The standard InChI is InChI=1S/C64H76BF2N11O12S/c1-41(80)60(75-58(83)29-34-76-32-27-49(28-33-76)90-54-14-6-5-12-44(54)36-43-10-3-2-4-11-43)64(88)74-52(39-79)63(87)73-51(38-56(68)81)62(86)71-31-26-57(82)72-50(61(69)85)13-7-8-30-70-59(84)40-89-48-23-17-42(18-24-48)16-19-45-20-21-46-37-47-22-25-53(55-15-9-35-91-55)78(47)65(66,67)77(45)46/h2-6,9-12,14-25,35,37,41,49-52,60,79-80H,7-8,13,26-34,36,38-40H2,1H3,(H2,68,81)(H2,69,85)(H,70,84)(H,71,86)(H,72,82)(H,73,87)(H,74,88)(H,75,83)/b19-16+/t41-,50+,51+,52+,60+/m1/s1. The molecule has 0 aliphatic carbocycles. The first kappa shape index (κ1) is 67.6. The van der Waals surface area contributed by atoms with Crippen LogP contribution in [0.5, 0.6) is 11.5 Å². The molecule has 8 rings (SSSR count). The van der Waals surface area contributed by atoms with E-state index in [4.69, 9.17) is 20.9 Å². The number of hydrogen-bond donors (Lipinski definition) is 10. The van der Waals surface area contributed by atoms with Gasteiger partial charge in [-0.3, -0.25) is 38.4 Å². The second kappa shape index (κ2) is 32.4. The molecule has 8 amide bonds. The van der Waals surface area contributed by atoms with Gasteiger partial charge in [0.05, 0.1) is 24.0 Å². The number of aliphatic hydroxyl groups is 2. The first-order valence-corrected chi connectivity index (χ1v) is 31.0. The second-order valence-corrected chi connectivity index (χ2v) is 23.3. The lowest BCUT2D eigenvalue weighted by Crippen LogP contribution is -2.60. The van der Waals surface area contributed by atoms with Crippen LogP contribution in [0, 0.1) is 0 Å². The van der Waals surface area contributed by atoms with E-state index in [-0.39, 0.29) is 45.1 Å². The third-order valence-electron chi connectivity index (χ3n) is 15.5. The van der Waals surface area contributed by atoms with Crippen LogP contribution in [-0.4, -0.2) is 166 Å². The SMILES string of the molecule is C[C@@H](O)[C@H](NC(=O)CCN1CCC(Oc2ccccc2Cc2ccccc2)CC1)C(=O)N[C@@H](CO)C(=O)N[C@@H](CC(N)=O)C(=O)NCCC(=O)N[C@@H](CCCCNC(=O)COc1ccc(/C=C/c2ccc3n2[B-](F)(F)[N+]2=C(c4cccs4)C=CC2=C3)cc1)C(N)=O. The molecule has 91 heavy (non-hydrogen) atoms. The predicted molar refractivity (Wildman–Crippen MR) is 339 cm³/mol. The maximum absolute atomic E-state index is 16.2. The average molecular weight is 1270 g/mol. The molecular formula is C64H76BF2N11O12S. The van der Waals surface area contributed by atoms with Gasteiger partial charge in [0.25, 0.3) is 5.91 Å². The van der Waals surface area contributed by atoms with Crippen LogP contribution in [0.25, 0.3) is 18.2 Å². The highest BCUT2D eigenvalue weighted by molar-refractivity contribution is 7.12. The number of primary amides is 2. The largest absolute Gasteiger partial charge is 0.737 e. The van der Waals surface area contributed by atoms with Crippen LogP contribution in [0.3, 0.4) is 0 Å². The number of ether oxygens (including phenoxy) is 2. The number of fused-ring (bicyclic) bond motifs is 2. The number of amides is 8. The monoisotopic (exact) mass is 1270 g/mol. The van der Waals surface area contributed by atoms with E-state index >= 15 is 8.63 Å². The van der Waals surface area contributed by atoms with Gasteiger partial charge in [0.15, 0.2) is 18.0 Å². The van der Waals surface area contributed by atoms with Crippen molar-refractivity contribution >= 4 is 89.5 Å². The van der Waals surface area contributed by atoms with E-state index in [1.807, 2.05) is 53.9 Å². The molecule has 0 unspecified atom stereocenters. The lowest BCUT2D eigenvalue weighted by molar-refractivity contribution is -0.360. The Hall–Kier alpha value is -9.31. The summed E-state index contributed by atoms with van der Waals surface area (Å²) >= 11 is 1.40. The molecule has 0 spiro atoms. The van der Waals surface area contributed by atoms with E-state index in [0.717, 1.165) is 44.4 Å². The van der Waals surface area contributed by atoms with E-state index in [1.165, 1.54) is 23.8 Å². The van der Waals surface area contributed by atoms with Gasteiger partial charge < -0.3 is 85.6 Å². The molecule has 1 fully saturated rings. The number of aliphatic hydroxyl groups excluding tert-OH is 2. The first-order valence-electron chi connectivity index (χ1n) is 30.1. The number of nitrogens with zero attached hydrogens (tertiary/aromatic N) is 3. The van der Waals surface area contributed by atoms with E-state index in [1.54, 1.807) is 66.8 Å². The number of carbonyl (C=O) groups is 8. The van der Waals surface area contributed by atoms with Gasteiger partial charge in [-0.05, 0) is 104 Å². The van der Waals surface area contributed by atoms with E-state index in [0.29, 0.717) is 66.6 Å². The zero-order valence-corrected chi connectivity index (χ0v) is 51.1. The topological polar surface area (TPSA) is 331 Å². The fourth-order valence-corrected chi connectivity index (χ4v) is 11.5. The van der Waals surface area contributed by atoms with Crippen molar-refractivity contribution in [2.75, 3.05) is 45.9 Å². The number of nitrogens with one attached hydrogen (secondary N) is 6. The van der Waals surface area contributed by atoms with Crippen molar-refractivity contribution in [1.82, 2.24) is 41.3 Å². The summed E-state index contributed by atoms with van der Waals surface area (Å²) in [7, 11) is 0. The molecule has 3 aliphatic rings. The number of para-hydroxylation sites is 1. The Balaban J connectivity index is 0.695. The quantitative estimate of drug-likeness (QED) is 0.0214. The first-order chi connectivity index (χ1) is 43.8. The zero-order valence-electron chi connectivity index (χ0n) is 50.3.